The number of nitrogens with one attached hydrogen (secondary N) is 1. The summed E-state index contributed by atoms with van der Waals surface area (Å²) in [5.74, 6) is 1.84. The van der Waals surface area contributed by atoms with Crippen LogP contribution < -0.4 is 5.32 Å². The second kappa shape index (κ2) is 6.96. The number of rotatable bonds is 7. The van der Waals surface area contributed by atoms with Crippen molar-refractivity contribution in [3.05, 3.63) is 23.7 Å². The Morgan fingerprint density at radius 2 is 1.89 bits per heavy atom. The van der Waals surface area contributed by atoms with Crippen LogP contribution in [0, 0.1) is 5.92 Å². The molecule has 0 saturated heterocycles. The molecule has 0 atom stereocenters. The lowest BCUT2D eigenvalue weighted by Crippen LogP contribution is -2.30. The normalized spacial score (nSPS) is 12.6. The maximum atomic E-state index is 12.2. The zero-order chi connectivity index (χ0) is 14.5. The van der Waals surface area contributed by atoms with E-state index in [1.165, 1.54) is 11.9 Å². The molecule has 1 rings (SSSR count). The Bertz CT molecular complexity index is 374. The molecule has 1 aromatic rings. The molecule has 19 heavy (non-hydrogen) atoms. The van der Waals surface area contributed by atoms with E-state index in [1.54, 1.807) is 12.1 Å². The molecule has 110 valence electrons. The number of nitrogens with zero attached hydrogens (tertiary/aromatic N) is 1. The van der Waals surface area contributed by atoms with Crippen LogP contribution in [-0.4, -0.2) is 31.2 Å². The van der Waals surface area contributed by atoms with Gasteiger partial charge in [0.1, 0.15) is 11.5 Å². The lowest BCUT2D eigenvalue weighted by molar-refractivity contribution is -0.144. The summed E-state index contributed by atoms with van der Waals surface area (Å²) in [5.41, 5.74) is 0. The summed E-state index contributed by atoms with van der Waals surface area (Å²) in [6.45, 7) is 4.91. The summed E-state index contributed by atoms with van der Waals surface area (Å²) >= 11 is 0. The van der Waals surface area contributed by atoms with Crippen molar-refractivity contribution in [2.45, 2.75) is 33.1 Å². The van der Waals surface area contributed by atoms with Crippen molar-refractivity contribution < 1.29 is 17.6 Å². The Morgan fingerprint density at radius 3 is 2.47 bits per heavy atom. The van der Waals surface area contributed by atoms with Crippen molar-refractivity contribution in [1.82, 2.24) is 10.2 Å². The largest absolute Gasteiger partial charge is 0.463 e. The van der Waals surface area contributed by atoms with Crippen LogP contribution in [0.15, 0.2) is 16.5 Å². The Labute approximate surface area is 111 Å². The van der Waals surface area contributed by atoms with Gasteiger partial charge in [-0.2, -0.15) is 13.2 Å². The van der Waals surface area contributed by atoms with Crippen molar-refractivity contribution in [1.29, 1.82) is 0 Å². The van der Waals surface area contributed by atoms with E-state index in [1.807, 2.05) is 0 Å². The summed E-state index contributed by atoms with van der Waals surface area (Å²) in [5, 5.41) is 3.22. The fourth-order valence-corrected chi connectivity index (χ4v) is 1.71. The number of hydrogen-bond acceptors (Lipinski definition) is 3. The lowest BCUT2D eigenvalue weighted by Gasteiger charge is -2.16. The Balaban J connectivity index is 2.38. The highest BCUT2D eigenvalue weighted by Gasteiger charge is 2.29. The van der Waals surface area contributed by atoms with Gasteiger partial charge in [0.15, 0.2) is 0 Å². The maximum Gasteiger partial charge on any atom is 0.401 e. The van der Waals surface area contributed by atoms with Gasteiger partial charge in [0.2, 0.25) is 0 Å². The molecule has 3 nitrogen and oxygen atoms in total. The maximum absolute atomic E-state index is 12.2. The van der Waals surface area contributed by atoms with Crippen LogP contribution in [-0.2, 0) is 13.1 Å². The predicted octanol–water partition coefficient (Wildman–Crippen LogP) is 3.02. The van der Waals surface area contributed by atoms with Crippen molar-refractivity contribution in [3.63, 3.8) is 0 Å². The third-order valence-electron chi connectivity index (χ3n) is 2.44. The number of hydrogen-bond donors (Lipinski definition) is 1. The fraction of sp³-hybridized carbons (Fsp3) is 0.692. The zero-order valence-corrected chi connectivity index (χ0v) is 11.5. The molecule has 0 aliphatic rings. The zero-order valence-electron chi connectivity index (χ0n) is 11.5. The van der Waals surface area contributed by atoms with Crippen molar-refractivity contribution >= 4 is 0 Å². The summed E-state index contributed by atoms with van der Waals surface area (Å²) in [7, 11) is 1.42. The van der Waals surface area contributed by atoms with Crippen LogP contribution in [0.25, 0.3) is 0 Å². The first-order valence-electron chi connectivity index (χ1n) is 6.30. The molecule has 0 aliphatic carbocycles. The number of halogens is 3. The third-order valence-corrected chi connectivity index (χ3v) is 2.44. The fourth-order valence-electron chi connectivity index (χ4n) is 1.71. The van der Waals surface area contributed by atoms with Gasteiger partial charge in [-0.25, -0.2) is 0 Å². The standard InChI is InChI=1S/C13H21F3N2O/c1-10(2)6-17-7-11-4-5-12(19-11)8-18(3)9-13(14,15)16/h4-5,10,17H,6-9H2,1-3H3. The highest BCUT2D eigenvalue weighted by atomic mass is 19.4. The van der Waals surface area contributed by atoms with E-state index in [4.69, 9.17) is 4.42 Å². The molecule has 0 fully saturated rings. The first-order valence-corrected chi connectivity index (χ1v) is 6.30. The number of alkyl halides is 3. The van der Waals surface area contributed by atoms with E-state index in [0.29, 0.717) is 18.2 Å². The Morgan fingerprint density at radius 1 is 1.26 bits per heavy atom. The molecule has 0 unspecified atom stereocenters. The predicted molar refractivity (Wildman–Crippen MR) is 67.6 cm³/mol. The molecule has 0 amide bonds. The molecule has 1 aromatic heterocycles. The minimum absolute atomic E-state index is 0.156. The molecule has 0 bridgehead atoms. The van der Waals surface area contributed by atoms with Crippen LogP contribution in [0.5, 0.6) is 0 Å². The monoisotopic (exact) mass is 278 g/mol. The summed E-state index contributed by atoms with van der Waals surface area (Å²) in [4.78, 5) is 1.18. The molecular formula is C13H21F3N2O. The molecule has 0 aliphatic heterocycles. The van der Waals surface area contributed by atoms with Gasteiger partial charge in [-0.05, 0) is 31.6 Å². The van der Waals surface area contributed by atoms with E-state index in [-0.39, 0.29) is 6.54 Å². The average Bonchev–Trinajstić information content (AvgIpc) is 2.61. The molecule has 1 heterocycles. The average molecular weight is 278 g/mol. The number of furan rings is 1. The summed E-state index contributed by atoms with van der Waals surface area (Å²) in [6.07, 6.45) is -4.18. The van der Waals surface area contributed by atoms with E-state index in [2.05, 4.69) is 19.2 Å². The Hall–Kier alpha value is -1.01. The molecule has 0 saturated carbocycles. The van der Waals surface area contributed by atoms with E-state index in [0.717, 1.165) is 12.3 Å². The van der Waals surface area contributed by atoms with Crippen LogP contribution in [0.3, 0.4) is 0 Å². The minimum Gasteiger partial charge on any atom is -0.463 e. The summed E-state index contributed by atoms with van der Waals surface area (Å²) in [6, 6.07) is 3.52. The Kier molecular flexibility index (Phi) is 5.87. The van der Waals surface area contributed by atoms with Gasteiger partial charge >= 0.3 is 6.18 Å². The van der Waals surface area contributed by atoms with E-state index < -0.39 is 12.7 Å². The smallest absolute Gasteiger partial charge is 0.401 e. The third kappa shape index (κ3) is 7.22. The van der Waals surface area contributed by atoms with Crippen LogP contribution in [0.4, 0.5) is 13.2 Å². The van der Waals surface area contributed by atoms with Gasteiger partial charge in [-0.3, -0.25) is 4.90 Å². The van der Waals surface area contributed by atoms with Crippen molar-refractivity contribution in [2.75, 3.05) is 20.1 Å². The van der Waals surface area contributed by atoms with E-state index >= 15 is 0 Å². The quantitative estimate of drug-likeness (QED) is 0.831. The van der Waals surface area contributed by atoms with E-state index in [9.17, 15) is 13.2 Å². The van der Waals surface area contributed by atoms with Crippen LogP contribution in [0.2, 0.25) is 0 Å². The first kappa shape index (κ1) is 16.0. The van der Waals surface area contributed by atoms with Gasteiger partial charge < -0.3 is 9.73 Å². The van der Waals surface area contributed by atoms with Crippen LogP contribution >= 0.6 is 0 Å². The first-order chi connectivity index (χ1) is 8.76. The molecular weight excluding hydrogens is 257 g/mol. The van der Waals surface area contributed by atoms with Gasteiger partial charge in [-0.15, -0.1) is 0 Å². The van der Waals surface area contributed by atoms with Gasteiger partial charge in [0.05, 0.1) is 19.6 Å². The molecule has 0 radical (unpaired) electrons. The second-order valence-electron chi connectivity index (χ2n) is 5.18. The topological polar surface area (TPSA) is 28.4 Å². The molecule has 6 heteroatoms. The van der Waals surface area contributed by atoms with Gasteiger partial charge in [0, 0.05) is 0 Å². The van der Waals surface area contributed by atoms with Gasteiger partial charge in [-0.1, -0.05) is 13.8 Å². The molecule has 0 spiro atoms. The highest BCUT2D eigenvalue weighted by molar-refractivity contribution is 5.07. The van der Waals surface area contributed by atoms with Gasteiger partial charge in [0.25, 0.3) is 0 Å². The molecule has 0 aromatic carbocycles. The molecule has 1 N–H and O–H groups in total. The highest BCUT2D eigenvalue weighted by Crippen LogP contribution is 2.17. The minimum atomic E-state index is -4.18. The van der Waals surface area contributed by atoms with Crippen LogP contribution in [0.1, 0.15) is 25.4 Å². The SMILES string of the molecule is CC(C)CNCc1ccc(CN(C)CC(F)(F)F)o1. The summed E-state index contributed by atoms with van der Waals surface area (Å²) < 4.78 is 42.0. The lowest BCUT2D eigenvalue weighted by atomic mass is 10.2. The second-order valence-corrected chi connectivity index (χ2v) is 5.18. The van der Waals surface area contributed by atoms with Crippen molar-refractivity contribution in [3.8, 4) is 0 Å². The van der Waals surface area contributed by atoms with Crippen molar-refractivity contribution in [2.24, 2.45) is 5.92 Å².